The molecule has 0 aliphatic rings. The molecule has 2 rings (SSSR count). The van der Waals surface area contributed by atoms with Crippen LogP contribution in [-0.2, 0) is 13.0 Å². The van der Waals surface area contributed by atoms with E-state index >= 15 is 0 Å². The molecule has 5 heteroatoms. The molecule has 0 saturated carbocycles. The van der Waals surface area contributed by atoms with Crippen LogP contribution in [0.1, 0.15) is 18.1 Å². The van der Waals surface area contributed by atoms with E-state index in [0.717, 1.165) is 11.6 Å². The highest BCUT2D eigenvalue weighted by Gasteiger charge is 2.11. The van der Waals surface area contributed by atoms with Gasteiger partial charge in [0.25, 0.3) is 0 Å². The molecule has 1 unspecified atom stereocenters. The molecular formula is C16H16ClF2NO. The van der Waals surface area contributed by atoms with Crippen LogP contribution in [0.2, 0.25) is 5.02 Å². The Morgan fingerprint density at radius 1 is 1.19 bits per heavy atom. The molecule has 2 aromatic rings. The molecule has 1 atom stereocenters. The molecule has 0 aliphatic carbocycles. The minimum Gasteiger partial charge on any atom is -0.487 e. The number of hydrogen-bond donors (Lipinski definition) is 1. The van der Waals surface area contributed by atoms with Gasteiger partial charge in [0.15, 0.2) is 0 Å². The highest BCUT2D eigenvalue weighted by atomic mass is 35.5. The van der Waals surface area contributed by atoms with Gasteiger partial charge in [-0.05, 0) is 42.7 Å². The summed E-state index contributed by atoms with van der Waals surface area (Å²) < 4.78 is 31.9. The second-order valence-corrected chi connectivity index (χ2v) is 5.38. The smallest absolute Gasteiger partial charge is 0.141 e. The van der Waals surface area contributed by atoms with Crippen molar-refractivity contribution in [2.75, 3.05) is 0 Å². The Hall–Kier alpha value is -1.65. The Labute approximate surface area is 127 Å². The Morgan fingerprint density at radius 3 is 2.48 bits per heavy atom. The molecule has 0 heterocycles. The van der Waals surface area contributed by atoms with Crippen molar-refractivity contribution in [3.8, 4) is 5.75 Å². The zero-order valence-electron chi connectivity index (χ0n) is 11.6. The van der Waals surface area contributed by atoms with Crippen molar-refractivity contribution in [3.63, 3.8) is 0 Å². The number of halogens is 3. The monoisotopic (exact) mass is 311 g/mol. The van der Waals surface area contributed by atoms with E-state index in [9.17, 15) is 8.78 Å². The molecule has 0 saturated heterocycles. The van der Waals surface area contributed by atoms with Crippen LogP contribution in [0.3, 0.4) is 0 Å². The summed E-state index contributed by atoms with van der Waals surface area (Å²) in [4.78, 5) is 0. The van der Waals surface area contributed by atoms with Crippen LogP contribution in [0, 0.1) is 11.6 Å². The van der Waals surface area contributed by atoms with Gasteiger partial charge in [0.05, 0.1) is 5.02 Å². The zero-order valence-corrected chi connectivity index (χ0v) is 12.3. The van der Waals surface area contributed by atoms with E-state index in [1.54, 1.807) is 6.07 Å². The second kappa shape index (κ2) is 6.87. The van der Waals surface area contributed by atoms with E-state index in [-0.39, 0.29) is 12.6 Å². The van der Waals surface area contributed by atoms with Crippen LogP contribution in [0.5, 0.6) is 5.75 Å². The summed E-state index contributed by atoms with van der Waals surface area (Å²) in [6.45, 7) is 1.91. The van der Waals surface area contributed by atoms with Crippen LogP contribution in [0.25, 0.3) is 0 Å². The predicted octanol–water partition coefficient (Wildman–Crippen LogP) is 4.09. The fourth-order valence-corrected chi connectivity index (χ4v) is 2.32. The summed E-state index contributed by atoms with van der Waals surface area (Å²) in [5, 5.41) is 0.449. The van der Waals surface area contributed by atoms with E-state index in [0.29, 0.717) is 22.8 Å². The second-order valence-electron chi connectivity index (χ2n) is 4.98. The van der Waals surface area contributed by atoms with Crippen LogP contribution in [0.4, 0.5) is 8.78 Å². The van der Waals surface area contributed by atoms with E-state index < -0.39 is 11.6 Å². The lowest BCUT2D eigenvalue weighted by Crippen LogP contribution is -2.18. The molecule has 0 radical (unpaired) electrons. The van der Waals surface area contributed by atoms with Crippen molar-refractivity contribution in [1.29, 1.82) is 0 Å². The lowest BCUT2D eigenvalue weighted by atomic mass is 10.1. The molecule has 0 spiro atoms. The maximum absolute atomic E-state index is 13.1. The van der Waals surface area contributed by atoms with E-state index in [1.807, 2.05) is 19.1 Å². The molecule has 0 fully saturated rings. The molecule has 2 N–H and O–H groups in total. The first kappa shape index (κ1) is 15.7. The first-order chi connectivity index (χ1) is 9.95. The molecule has 2 nitrogen and oxygen atoms in total. The van der Waals surface area contributed by atoms with Gasteiger partial charge >= 0.3 is 0 Å². The van der Waals surface area contributed by atoms with Gasteiger partial charge in [0.1, 0.15) is 24.0 Å². The third kappa shape index (κ3) is 4.41. The number of ether oxygens (including phenoxy) is 1. The van der Waals surface area contributed by atoms with Crippen molar-refractivity contribution in [2.24, 2.45) is 5.73 Å². The van der Waals surface area contributed by atoms with Gasteiger partial charge in [0, 0.05) is 12.1 Å². The predicted molar refractivity (Wildman–Crippen MR) is 79.5 cm³/mol. The Bertz CT molecular complexity index is 611. The van der Waals surface area contributed by atoms with Crippen molar-refractivity contribution in [1.82, 2.24) is 0 Å². The highest BCUT2D eigenvalue weighted by Crippen LogP contribution is 2.30. The number of rotatable bonds is 5. The first-order valence-electron chi connectivity index (χ1n) is 6.56. The van der Waals surface area contributed by atoms with Crippen LogP contribution in [-0.4, -0.2) is 6.04 Å². The van der Waals surface area contributed by atoms with Crippen molar-refractivity contribution in [2.45, 2.75) is 26.0 Å². The maximum Gasteiger partial charge on any atom is 0.141 e. The van der Waals surface area contributed by atoms with E-state index in [2.05, 4.69) is 0 Å². The number of para-hydroxylation sites is 1. The molecule has 0 amide bonds. The van der Waals surface area contributed by atoms with Gasteiger partial charge < -0.3 is 10.5 Å². The highest BCUT2D eigenvalue weighted by molar-refractivity contribution is 6.32. The minimum atomic E-state index is -0.636. The normalized spacial score (nSPS) is 12.2. The average Bonchev–Trinajstić information content (AvgIpc) is 2.36. The Morgan fingerprint density at radius 2 is 1.86 bits per heavy atom. The fraction of sp³-hybridized carbons (Fsp3) is 0.250. The SMILES string of the molecule is CC(N)Cc1cccc(Cl)c1OCc1cc(F)cc(F)c1. The molecule has 21 heavy (non-hydrogen) atoms. The number of hydrogen-bond acceptors (Lipinski definition) is 2. The fourth-order valence-electron chi connectivity index (χ4n) is 2.07. The minimum absolute atomic E-state index is 0.0321. The number of benzene rings is 2. The van der Waals surface area contributed by atoms with Crippen LogP contribution < -0.4 is 10.5 Å². The third-order valence-electron chi connectivity index (χ3n) is 2.90. The lowest BCUT2D eigenvalue weighted by molar-refractivity contribution is 0.301. The quantitative estimate of drug-likeness (QED) is 0.902. The maximum atomic E-state index is 13.1. The van der Waals surface area contributed by atoms with Gasteiger partial charge in [-0.2, -0.15) is 0 Å². The Balaban J connectivity index is 2.19. The largest absolute Gasteiger partial charge is 0.487 e. The van der Waals surface area contributed by atoms with Gasteiger partial charge in [-0.3, -0.25) is 0 Å². The summed E-state index contributed by atoms with van der Waals surface area (Å²) in [5.74, 6) is -0.770. The van der Waals surface area contributed by atoms with Crippen molar-refractivity contribution < 1.29 is 13.5 Å². The molecule has 2 aromatic carbocycles. The van der Waals surface area contributed by atoms with Gasteiger partial charge in [-0.1, -0.05) is 23.7 Å². The van der Waals surface area contributed by atoms with Crippen molar-refractivity contribution in [3.05, 3.63) is 64.2 Å². The van der Waals surface area contributed by atoms with E-state index in [1.165, 1.54) is 12.1 Å². The van der Waals surface area contributed by atoms with Gasteiger partial charge in [-0.25, -0.2) is 8.78 Å². The summed E-state index contributed by atoms with van der Waals surface area (Å²) in [5.41, 5.74) is 7.06. The molecule has 112 valence electrons. The van der Waals surface area contributed by atoms with Crippen LogP contribution >= 0.6 is 11.6 Å². The average molecular weight is 312 g/mol. The summed E-state index contributed by atoms with van der Waals surface area (Å²) in [6.07, 6.45) is 0.605. The van der Waals surface area contributed by atoms with Gasteiger partial charge in [0.2, 0.25) is 0 Å². The lowest BCUT2D eigenvalue weighted by Gasteiger charge is -2.14. The standard InChI is InChI=1S/C16H16ClF2NO/c1-10(20)5-12-3-2-4-15(17)16(12)21-9-11-6-13(18)8-14(19)7-11/h2-4,6-8,10H,5,9,20H2,1H3. The summed E-state index contributed by atoms with van der Waals surface area (Å²) in [7, 11) is 0. The summed E-state index contributed by atoms with van der Waals surface area (Å²) >= 11 is 6.13. The Kier molecular flexibility index (Phi) is 5.15. The van der Waals surface area contributed by atoms with Crippen molar-refractivity contribution >= 4 is 11.6 Å². The summed E-state index contributed by atoms with van der Waals surface area (Å²) in [6, 6.07) is 8.62. The first-order valence-corrected chi connectivity index (χ1v) is 6.94. The van der Waals surface area contributed by atoms with Gasteiger partial charge in [-0.15, -0.1) is 0 Å². The molecule has 0 aliphatic heterocycles. The zero-order chi connectivity index (χ0) is 15.4. The molecule has 0 bridgehead atoms. The molecular weight excluding hydrogens is 296 g/mol. The number of nitrogens with two attached hydrogens (primary N) is 1. The molecule has 0 aromatic heterocycles. The van der Waals surface area contributed by atoms with E-state index in [4.69, 9.17) is 22.1 Å². The third-order valence-corrected chi connectivity index (χ3v) is 3.19. The topological polar surface area (TPSA) is 35.2 Å². The van der Waals surface area contributed by atoms with Crippen LogP contribution in [0.15, 0.2) is 36.4 Å².